The molecule has 0 amide bonds. The Morgan fingerprint density at radius 2 is 2.12 bits per heavy atom. The van der Waals surface area contributed by atoms with Gasteiger partial charge in [0, 0.05) is 11.6 Å². The molecule has 0 aliphatic heterocycles. The molecule has 0 unspecified atom stereocenters. The molecule has 4 heteroatoms. The number of aliphatic carboxylic acids is 1. The lowest BCUT2D eigenvalue weighted by Gasteiger charge is -2.08. The lowest BCUT2D eigenvalue weighted by molar-refractivity contribution is -0.131. The standard InChI is InChI=1S/C12H14O4/c1-15-10-6-7-11(16-2)9(8-10)4-3-5-12(13)14/h3,5-8H,4H2,1-2H3,(H,13,14)/b5-3+. The Bertz CT molecular complexity index is 396. The molecular formula is C12H14O4. The van der Waals surface area contributed by atoms with Crippen LogP contribution in [0.15, 0.2) is 30.4 Å². The van der Waals surface area contributed by atoms with Crippen molar-refractivity contribution in [1.29, 1.82) is 0 Å². The number of benzene rings is 1. The number of rotatable bonds is 5. The Balaban J connectivity index is 2.87. The van der Waals surface area contributed by atoms with Crippen molar-refractivity contribution in [2.45, 2.75) is 6.42 Å². The van der Waals surface area contributed by atoms with Crippen LogP contribution in [0.4, 0.5) is 0 Å². The minimum Gasteiger partial charge on any atom is -0.497 e. The summed E-state index contributed by atoms with van der Waals surface area (Å²) in [5.41, 5.74) is 0.888. The average molecular weight is 222 g/mol. The van der Waals surface area contributed by atoms with E-state index in [1.165, 1.54) is 0 Å². The Labute approximate surface area is 94.1 Å². The van der Waals surface area contributed by atoms with Crippen molar-refractivity contribution in [3.05, 3.63) is 35.9 Å². The molecule has 0 spiro atoms. The van der Waals surface area contributed by atoms with Crippen LogP contribution in [-0.2, 0) is 11.2 Å². The largest absolute Gasteiger partial charge is 0.497 e. The maximum atomic E-state index is 10.3. The van der Waals surface area contributed by atoms with Gasteiger partial charge in [0.05, 0.1) is 14.2 Å². The van der Waals surface area contributed by atoms with Gasteiger partial charge in [-0.05, 0) is 24.6 Å². The summed E-state index contributed by atoms with van der Waals surface area (Å²) in [7, 11) is 3.16. The van der Waals surface area contributed by atoms with E-state index in [1.54, 1.807) is 32.4 Å². The third-order valence-corrected chi connectivity index (χ3v) is 2.09. The Morgan fingerprint density at radius 3 is 2.69 bits per heavy atom. The van der Waals surface area contributed by atoms with E-state index in [9.17, 15) is 4.79 Å². The number of carboxylic acids is 1. The molecule has 0 heterocycles. The second-order valence-corrected chi connectivity index (χ2v) is 3.12. The fourth-order valence-corrected chi connectivity index (χ4v) is 1.33. The smallest absolute Gasteiger partial charge is 0.327 e. The predicted molar refractivity (Wildman–Crippen MR) is 60.0 cm³/mol. The zero-order valence-electron chi connectivity index (χ0n) is 9.27. The second-order valence-electron chi connectivity index (χ2n) is 3.12. The summed E-state index contributed by atoms with van der Waals surface area (Å²) in [6, 6.07) is 5.41. The lowest BCUT2D eigenvalue weighted by atomic mass is 10.1. The van der Waals surface area contributed by atoms with Gasteiger partial charge in [0.2, 0.25) is 0 Å². The summed E-state index contributed by atoms with van der Waals surface area (Å²) in [4.78, 5) is 10.3. The van der Waals surface area contributed by atoms with Crippen LogP contribution in [0, 0.1) is 0 Å². The number of ether oxygens (including phenoxy) is 2. The SMILES string of the molecule is COc1ccc(OC)c(C/C=C/C(=O)O)c1. The normalized spacial score (nSPS) is 10.4. The van der Waals surface area contributed by atoms with Gasteiger partial charge in [0.25, 0.3) is 0 Å². The number of methoxy groups -OCH3 is 2. The van der Waals surface area contributed by atoms with Crippen molar-refractivity contribution in [3.63, 3.8) is 0 Å². The minimum atomic E-state index is -0.957. The van der Waals surface area contributed by atoms with Gasteiger partial charge in [-0.3, -0.25) is 0 Å². The first-order chi connectivity index (χ1) is 7.67. The topological polar surface area (TPSA) is 55.8 Å². The molecule has 0 bridgehead atoms. The monoisotopic (exact) mass is 222 g/mol. The van der Waals surface area contributed by atoms with Gasteiger partial charge in [0.15, 0.2) is 0 Å². The number of hydrogen-bond acceptors (Lipinski definition) is 3. The van der Waals surface area contributed by atoms with Crippen molar-refractivity contribution >= 4 is 5.97 Å². The third kappa shape index (κ3) is 3.31. The highest BCUT2D eigenvalue weighted by Crippen LogP contribution is 2.24. The number of hydrogen-bond donors (Lipinski definition) is 1. The Morgan fingerprint density at radius 1 is 1.38 bits per heavy atom. The number of carboxylic acid groups (broad SMARTS) is 1. The molecule has 0 aliphatic rings. The van der Waals surface area contributed by atoms with E-state index < -0.39 is 5.97 Å². The maximum absolute atomic E-state index is 10.3. The molecule has 0 saturated heterocycles. The number of carbonyl (C=O) groups is 1. The van der Waals surface area contributed by atoms with Crippen LogP contribution < -0.4 is 9.47 Å². The summed E-state index contributed by atoms with van der Waals surface area (Å²) < 4.78 is 10.3. The molecule has 0 radical (unpaired) electrons. The third-order valence-electron chi connectivity index (χ3n) is 2.09. The van der Waals surface area contributed by atoms with Crippen LogP contribution in [0.1, 0.15) is 5.56 Å². The van der Waals surface area contributed by atoms with Crippen LogP contribution >= 0.6 is 0 Å². The van der Waals surface area contributed by atoms with E-state index in [-0.39, 0.29) is 0 Å². The van der Waals surface area contributed by atoms with E-state index in [2.05, 4.69) is 0 Å². The van der Waals surface area contributed by atoms with Crippen molar-refractivity contribution in [1.82, 2.24) is 0 Å². The van der Waals surface area contributed by atoms with Gasteiger partial charge in [0.1, 0.15) is 11.5 Å². The zero-order valence-corrected chi connectivity index (χ0v) is 9.27. The molecule has 4 nitrogen and oxygen atoms in total. The van der Waals surface area contributed by atoms with Crippen molar-refractivity contribution in [3.8, 4) is 11.5 Å². The molecule has 1 rings (SSSR count). The average Bonchev–Trinajstić information content (AvgIpc) is 2.28. The van der Waals surface area contributed by atoms with Crippen LogP contribution in [0.5, 0.6) is 11.5 Å². The summed E-state index contributed by atoms with van der Waals surface area (Å²) in [5, 5.41) is 8.48. The molecule has 1 aromatic carbocycles. The van der Waals surface area contributed by atoms with E-state index in [0.717, 1.165) is 23.1 Å². The van der Waals surface area contributed by atoms with Gasteiger partial charge in [-0.25, -0.2) is 4.79 Å². The summed E-state index contributed by atoms with van der Waals surface area (Å²) in [6.07, 6.45) is 3.17. The van der Waals surface area contributed by atoms with Gasteiger partial charge in [-0.2, -0.15) is 0 Å². The molecular weight excluding hydrogens is 208 g/mol. The fourth-order valence-electron chi connectivity index (χ4n) is 1.33. The Kier molecular flexibility index (Phi) is 4.39. The Hall–Kier alpha value is -1.97. The molecule has 16 heavy (non-hydrogen) atoms. The molecule has 1 aromatic rings. The molecule has 0 atom stereocenters. The fraction of sp³-hybridized carbons (Fsp3) is 0.250. The van der Waals surface area contributed by atoms with Crippen molar-refractivity contribution in [2.75, 3.05) is 14.2 Å². The van der Waals surface area contributed by atoms with Crippen LogP contribution in [0.3, 0.4) is 0 Å². The first-order valence-corrected chi connectivity index (χ1v) is 4.77. The van der Waals surface area contributed by atoms with Crippen molar-refractivity contribution in [2.24, 2.45) is 0 Å². The van der Waals surface area contributed by atoms with Crippen LogP contribution in [0.25, 0.3) is 0 Å². The molecule has 0 saturated carbocycles. The molecule has 0 aliphatic carbocycles. The van der Waals surface area contributed by atoms with Crippen molar-refractivity contribution < 1.29 is 19.4 Å². The van der Waals surface area contributed by atoms with E-state index in [0.29, 0.717) is 6.42 Å². The summed E-state index contributed by atoms with van der Waals surface area (Å²) >= 11 is 0. The highest BCUT2D eigenvalue weighted by atomic mass is 16.5. The summed E-state index contributed by atoms with van der Waals surface area (Å²) in [6.45, 7) is 0. The zero-order chi connectivity index (χ0) is 12.0. The molecule has 1 N–H and O–H groups in total. The van der Waals surface area contributed by atoms with E-state index in [4.69, 9.17) is 14.6 Å². The van der Waals surface area contributed by atoms with E-state index in [1.807, 2.05) is 6.07 Å². The van der Waals surface area contributed by atoms with Gasteiger partial charge in [-0.15, -0.1) is 0 Å². The summed E-state index contributed by atoms with van der Waals surface area (Å²) in [5.74, 6) is 0.484. The predicted octanol–water partition coefficient (Wildman–Crippen LogP) is 1.89. The van der Waals surface area contributed by atoms with Gasteiger partial charge >= 0.3 is 5.97 Å². The highest BCUT2D eigenvalue weighted by Gasteiger charge is 2.03. The van der Waals surface area contributed by atoms with Crippen LogP contribution in [0.2, 0.25) is 0 Å². The molecule has 0 aromatic heterocycles. The van der Waals surface area contributed by atoms with Gasteiger partial charge < -0.3 is 14.6 Å². The second kappa shape index (κ2) is 5.80. The van der Waals surface area contributed by atoms with Gasteiger partial charge in [-0.1, -0.05) is 6.08 Å². The minimum absolute atomic E-state index is 0.493. The van der Waals surface area contributed by atoms with E-state index >= 15 is 0 Å². The first kappa shape index (κ1) is 12.1. The quantitative estimate of drug-likeness (QED) is 0.773. The lowest BCUT2D eigenvalue weighted by Crippen LogP contribution is -1.93. The maximum Gasteiger partial charge on any atom is 0.327 e. The number of allylic oxidation sites excluding steroid dienone is 1. The molecule has 0 fully saturated rings. The first-order valence-electron chi connectivity index (χ1n) is 4.77. The highest BCUT2D eigenvalue weighted by molar-refractivity contribution is 5.79. The van der Waals surface area contributed by atoms with Crippen LogP contribution in [-0.4, -0.2) is 25.3 Å². The molecule has 86 valence electrons.